The smallest absolute Gasteiger partial charge is 0.321 e. The van der Waals surface area contributed by atoms with Gasteiger partial charge in [-0.2, -0.15) is 0 Å². The highest BCUT2D eigenvalue weighted by molar-refractivity contribution is 5.96. The van der Waals surface area contributed by atoms with E-state index in [0.717, 1.165) is 11.1 Å². The molecule has 0 saturated heterocycles. The maximum absolute atomic E-state index is 11.8. The minimum atomic E-state index is -0.802. The summed E-state index contributed by atoms with van der Waals surface area (Å²) in [6.07, 6.45) is -1.36. The molecule has 1 aromatic rings. The number of hydrogen-bond acceptors (Lipinski definition) is 4. The van der Waals surface area contributed by atoms with Crippen molar-refractivity contribution in [3.8, 4) is 5.75 Å². The van der Waals surface area contributed by atoms with Crippen LogP contribution in [0.2, 0.25) is 0 Å². The summed E-state index contributed by atoms with van der Waals surface area (Å²) >= 11 is 0. The van der Waals surface area contributed by atoms with Crippen LogP contribution in [0, 0.1) is 6.92 Å². The summed E-state index contributed by atoms with van der Waals surface area (Å²) in [5.74, 6) is 0.0258. The van der Waals surface area contributed by atoms with E-state index < -0.39 is 24.1 Å². The SMILES string of the molecule is CCNC(=O)NC(=O)C(C)Oc1ccc(C(C)O)cc1C. The minimum absolute atomic E-state index is 0.439. The number of urea groups is 1. The summed E-state index contributed by atoms with van der Waals surface area (Å²) in [5, 5.41) is 14.2. The zero-order chi connectivity index (χ0) is 16.0. The molecule has 0 aliphatic rings. The lowest BCUT2D eigenvalue weighted by Crippen LogP contribution is -2.45. The Morgan fingerprint density at radius 1 is 1.33 bits per heavy atom. The molecule has 116 valence electrons. The summed E-state index contributed by atoms with van der Waals surface area (Å²) in [6.45, 7) is 7.27. The Hall–Kier alpha value is -2.08. The van der Waals surface area contributed by atoms with E-state index in [1.54, 1.807) is 39.0 Å². The highest BCUT2D eigenvalue weighted by Crippen LogP contribution is 2.23. The molecular formula is C15H22N2O4. The highest BCUT2D eigenvalue weighted by Gasteiger charge is 2.18. The molecule has 0 saturated carbocycles. The zero-order valence-corrected chi connectivity index (χ0v) is 12.8. The van der Waals surface area contributed by atoms with Gasteiger partial charge in [0.05, 0.1) is 6.10 Å². The topological polar surface area (TPSA) is 87.7 Å². The lowest BCUT2D eigenvalue weighted by Gasteiger charge is -2.17. The lowest BCUT2D eigenvalue weighted by atomic mass is 10.1. The van der Waals surface area contributed by atoms with Gasteiger partial charge in [-0.05, 0) is 51.0 Å². The summed E-state index contributed by atoms with van der Waals surface area (Å²) in [6, 6.07) is 4.70. The maximum Gasteiger partial charge on any atom is 0.321 e. The van der Waals surface area contributed by atoms with Crippen molar-refractivity contribution in [2.24, 2.45) is 0 Å². The van der Waals surface area contributed by atoms with E-state index in [4.69, 9.17) is 4.74 Å². The van der Waals surface area contributed by atoms with Crippen LogP contribution in [0.5, 0.6) is 5.75 Å². The Kier molecular flexibility index (Phi) is 6.17. The van der Waals surface area contributed by atoms with Gasteiger partial charge < -0.3 is 15.2 Å². The number of carbonyl (C=O) groups excluding carboxylic acids is 2. The molecule has 0 bridgehead atoms. The van der Waals surface area contributed by atoms with Crippen LogP contribution in [-0.2, 0) is 4.79 Å². The number of aryl methyl sites for hydroxylation is 1. The van der Waals surface area contributed by atoms with Gasteiger partial charge in [0.2, 0.25) is 0 Å². The van der Waals surface area contributed by atoms with Crippen LogP contribution in [-0.4, -0.2) is 29.7 Å². The number of amides is 3. The van der Waals surface area contributed by atoms with E-state index >= 15 is 0 Å². The fraction of sp³-hybridized carbons (Fsp3) is 0.467. The summed E-state index contributed by atoms with van der Waals surface area (Å²) in [7, 11) is 0. The summed E-state index contributed by atoms with van der Waals surface area (Å²) < 4.78 is 5.55. The molecule has 0 spiro atoms. The quantitative estimate of drug-likeness (QED) is 0.770. The number of aliphatic hydroxyl groups is 1. The van der Waals surface area contributed by atoms with Crippen molar-refractivity contribution in [3.05, 3.63) is 29.3 Å². The van der Waals surface area contributed by atoms with Gasteiger partial charge in [0.15, 0.2) is 6.10 Å². The maximum atomic E-state index is 11.8. The Bertz CT molecular complexity index is 514. The minimum Gasteiger partial charge on any atom is -0.481 e. The standard InChI is InChI=1S/C15H22N2O4/c1-5-16-15(20)17-14(19)11(4)21-13-7-6-12(10(3)18)8-9(13)2/h6-8,10-11,18H,5H2,1-4H3,(H2,16,17,19,20). The van der Waals surface area contributed by atoms with Gasteiger partial charge in [0.25, 0.3) is 5.91 Å². The van der Waals surface area contributed by atoms with Crippen molar-refractivity contribution in [1.29, 1.82) is 0 Å². The number of nitrogens with one attached hydrogen (secondary N) is 2. The van der Waals surface area contributed by atoms with Crippen LogP contribution in [0.25, 0.3) is 0 Å². The fourth-order valence-electron chi connectivity index (χ4n) is 1.73. The molecule has 3 amide bonds. The van der Waals surface area contributed by atoms with Crippen molar-refractivity contribution < 1.29 is 19.4 Å². The van der Waals surface area contributed by atoms with Crippen molar-refractivity contribution >= 4 is 11.9 Å². The van der Waals surface area contributed by atoms with Crippen LogP contribution in [0.3, 0.4) is 0 Å². The van der Waals surface area contributed by atoms with E-state index in [2.05, 4.69) is 10.6 Å². The van der Waals surface area contributed by atoms with Gasteiger partial charge in [0, 0.05) is 6.54 Å². The third-order valence-electron chi connectivity index (χ3n) is 2.93. The second-order valence-electron chi connectivity index (χ2n) is 4.81. The van der Waals surface area contributed by atoms with Crippen LogP contribution in [0.15, 0.2) is 18.2 Å². The Morgan fingerprint density at radius 3 is 2.52 bits per heavy atom. The summed E-state index contributed by atoms with van der Waals surface area (Å²) in [4.78, 5) is 23.1. The monoisotopic (exact) mass is 294 g/mol. The third-order valence-corrected chi connectivity index (χ3v) is 2.93. The van der Waals surface area contributed by atoms with Crippen LogP contribution in [0.4, 0.5) is 4.79 Å². The zero-order valence-electron chi connectivity index (χ0n) is 12.8. The molecule has 0 aliphatic heterocycles. The molecule has 6 nitrogen and oxygen atoms in total. The van der Waals surface area contributed by atoms with Crippen molar-refractivity contribution in [2.75, 3.05) is 6.54 Å². The van der Waals surface area contributed by atoms with Gasteiger partial charge in [-0.25, -0.2) is 4.79 Å². The first-order valence-corrected chi connectivity index (χ1v) is 6.89. The average molecular weight is 294 g/mol. The number of imide groups is 1. The first-order valence-electron chi connectivity index (χ1n) is 6.89. The molecule has 0 fully saturated rings. The first kappa shape index (κ1) is 17.0. The van der Waals surface area contributed by atoms with E-state index in [0.29, 0.717) is 12.3 Å². The molecule has 6 heteroatoms. The molecule has 0 aromatic heterocycles. The normalized spacial score (nSPS) is 13.2. The number of hydrogen-bond donors (Lipinski definition) is 3. The Labute approximate surface area is 124 Å². The van der Waals surface area contributed by atoms with Gasteiger partial charge in [-0.1, -0.05) is 6.07 Å². The number of benzene rings is 1. The first-order chi connectivity index (χ1) is 9.85. The Balaban J connectivity index is 2.68. The molecule has 1 aromatic carbocycles. The van der Waals surface area contributed by atoms with E-state index in [9.17, 15) is 14.7 Å². The predicted octanol–water partition coefficient (Wildman–Crippen LogP) is 1.66. The predicted molar refractivity (Wildman–Crippen MR) is 79.1 cm³/mol. The van der Waals surface area contributed by atoms with Crippen LogP contribution >= 0.6 is 0 Å². The second kappa shape index (κ2) is 7.64. The number of carbonyl (C=O) groups is 2. The lowest BCUT2D eigenvalue weighted by molar-refractivity contribution is -0.126. The molecule has 0 radical (unpaired) electrons. The number of rotatable bonds is 5. The highest BCUT2D eigenvalue weighted by atomic mass is 16.5. The van der Waals surface area contributed by atoms with Gasteiger partial charge >= 0.3 is 6.03 Å². The average Bonchev–Trinajstić information content (AvgIpc) is 2.40. The van der Waals surface area contributed by atoms with E-state index in [1.165, 1.54) is 0 Å². The molecule has 0 aliphatic carbocycles. The number of aliphatic hydroxyl groups excluding tert-OH is 1. The third kappa shape index (κ3) is 5.07. The van der Waals surface area contributed by atoms with Crippen LogP contribution < -0.4 is 15.4 Å². The van der Waals surface area contributed by atoms with Crippen molar-refractivity contribution in [2.45, 2.75) is 39.9 Å². The molecule has 2 atom stereocenters. The second-order valence-corrected chi connectivity index (χ2v) is 4.81. The van der Waals surface area contributed by atoms with E-state index in [-0.39, 0.29) is 0 Å². The molecule has 1 rings (SSSR count). The van der Waals surface area contributed by atoms with Crippen LogP contribution in [0.1, 0.15) is 38.0 Å². The summed E-state index contributed by atoms with van der Waals surface area (Å²) in [5.41, 5.74) is 1.59. The van der Waals surface area contributed by atoms with Crippen molar-refractivity contribution in [3.63, 3.8) is 0 Å². The largest absolute Gasteiger partial charge is 0.481 e. The Morgan fingerprint density at radius 2 is 2.00 bits per heavy atom. The van der Waals surface area contributed by atoms with E-state index in [1.807, 2.05) is 6.92 Å². The van der Waals surface area contributed by atoms with Gasteiger partial charge in [-0.15, -0.1) is 0 Å². The van der Waals surface area contributed by atoms with Crippen molar-refractivity contribution in [1.82, 2.24) is 10.6 Å². The molecular weight excluding hydrogens is 272 g/mol. The number of ether oxygens (including phenoxy) is 1. The molecule has 0 heterocycles. The molecule has 3 N–H and O–H groups in total. The molecule has 2 unspecified atom stereocenters. The van der Waals surface area contributed by atoms with Gasteiger partial charge in [-0.3, -0.25) is 10.1 Å². The fourth-order valence-corrected chi connectivity index (χ4v) is 1.73. The van der Waals surface area contributed by atoms with Gasteiger partial charge in [0.1, 0.15) is 5.75 Å². The molecule has 21 heavy (non-hydrogen) atoms.